The lowest BCUT2D eigenvalue weighted by molar-refractivity contribution is -0.158. The second-order valence-electron chi connectivity index (χ2n) is 10.8. The molecule has 0 radical (unpaired) electrons. The highest BCUT2D eigenvalue weighted by molar-refractivity contribution is 5.80. The van der Waals surface area contributed by atoms with E-state index in [4.69, 9.17) is 14.2 Å². The predicted molar refractivity (Wildman–Crippen MR) is 140 cm³/mol. The third kappa shape index (κ3) is 9.53. The maximum atomic E-state index is 12.4. The van der Waals surface area contributed by atoms with Gasteiger partial charge in [-0.25, -0.2) is 14.4 Å². The maximum Gasteiger partial charge on any atom is 0.410 e. The number of hydrogen-bond donors (Lipinski definition) is 1. The minimum absolute atomic E-state index is 0.132. The largest absolute Gasteiger partial charge is 0.480 e. The number of rotatable bonds is 11. The number of carboxylic acid groups (broad SMARTS) is 1. The fraction of sp³-hybridized carbons (Fsp3) is 0.483. The first-order valence-electron chi connectivity index (χ1n) is 12.3. The monoisotopic (exact) mass is 513 g/mol. The molecule has 2 aromatic carbocycles. The van der Waals surface area contributed by atoms with Crippen LogP contribution >= 0.6 is 0 Å². The van der Waals surface area contributed by atoms with Gasteiger partial charge >= 0.3 is 18.0 Å². The summed E-state index contributed by atoms with van der Waals surface area (Å²) in [5, 5.41) is 9.70. The molecule has 0 aliphatic rings. The quantitative estimate of drug-likeness (QED) is 0.423. The highest BCUT2D eigenvalue weighted by Gasteiger charge is 2.31. The Morgan fingerprint density at radius 3 is 2.05 bits per heavy atom. The van der Waals surface area contributed by atoms with Crippen molar-refractivity contribution in [1.29, 1.82) is 0 Å². The summed E-state index contributed by atoms with van der Waals surface area (Å²) in [6.45, 7) is 11.3. The van der Waals surface area contributed by atoms with E-state index in [1.807, 2.05) is 68.4 Å². The molecule has 8 nitrogen and oxygen atoms in total. The third-order valence-electron chi connectivity index (χ3n) is 5.85. The van der Waals surface area contributed by atoms with Gasteiger partial charge in [-0.15, -0.1) is 0 Å². The fourth-order valence-corrected chi connectivity index (χ4v) is 3.50. The van der Waals surface area contributed by atoms with Crippen molar-refractivity contribution >= 4 is 18.0 Å². The molecule has 8 heteroatoms. The Bertz CT molecular complexity index is 1040. The number of nitrogens with zero attached hydrogens (tertiary/aromatic N) is 1. The Balaban J connectivity index is 1.95. The molecule has 0 saturated heterocycles. The van der Waals surface area contributed by atoms with Crippen molar-refractivity contribution < 1.29 is 33.7 Å². The summed E-state index contributed by atoms with van der Waals surface area (Å²) in [4.78, 5) is 37.7. The average molecular weight is 514 g/mol. The van der Waals surface area contributed by atoms with Gasteiger partial charge in [0, 0.05) is 18.9 Å². The number of hydrogen-bond acceptors (Lipinski definition) is 6. The van der Waals surface area contributed by atoms with Crippen LogP contribution in [-0.2, 0) is 42.2 Å². The highest BCUT2D eigenvalue weighted by atomic mass is 16.6. The number of aliphatic carboxylic acids is 1. The van der Waals surface area contributed by atoms with Crippen molar-refractivity contribution in [2.45, 2.75) is 77.7 Å². The van der Waals surface area contributed by atoms with E-state index in [1.54, 1.807) is 27.7 Å². The molecule has 0 aliphatic carbocycles. The van der Waals surface area contributed by atoms with Crippen LogP contribution in [0, 0.1) is 0 Å². The van der Waals surface area contributed by atoms with E-state index >= 15 is 0 Å². The highest BCUT2D eigenvalue weighted by Crippen LogP contribution is 2.25. The number of carbonyl (C=O) groups excluding carboxylic acids is 2. The maximum absolute atomic E-state index is 12.4. The molecule has 2 atom stereocenters. The van der Waals surface area contributed by atoms with Gasteiger partial charge in [-0.05, 0) is 44.4 Å². The molecule has 0 saturated carbocycles. The summed E-state index contributed by atoms with van der Waals surface area (Å²) in [5.74, 6) is -1.54. The number of carbonyl (C=O) groups is 3. The zero-order chi connectivity index (χ0) is 27.8. The Labute approximate surface area is 219 Å². The van der Waals surface area contributed by atoms with Gasteiger partial charge in [-0.2, -0.15) is 0 Å². The summed E-state index contributed by atoms with van der Waals surface area (Å²) in [7, 11) is 1.42. The summed E-state index contributed by atoms with van der Waals surface area (Å²) >= 11 is 0. The van der Waals surface area contributed by atoms with Gasteiger partial charge in [-0.3, -0.25) is 4.90 Å². The van der Waals surface area contributed by atoms with E-state index in [0.29, 0.717) is 0 Å². The first-order chi connectivity index (χ1) is 17.2. The van der Waals surface area contributed by atoms with Gasteiger partial charge in [0.15, 0.2) is 6.10 Å². The molecule has 0 unspecified atom stereocenters. The zero-order valence-electron chi connectivity index (χ0n) is 22.8. The molecule has 0 fully saturated rings. The average Bonchev–Trinajstić information content (AvgIpc) is 2.83. The van der Waals surface area contributed by atoms with Gasteiger partial charge in [0.05, 0.1) is 6.61 Å². The normalized spacial score (nSPS) is 13.4. The fourth-order valence-electron chi connectivity index (χ4n) is 3.50. The molecule has 0 spiro atoms. The lowest BCUT2D eigenvalue weighted by Gasteiger charge is -2.29. The molecule has 0 aromatic heterocycles. The van der Waals surface area contributed by atoms with Gasteiger partial charge in [-0.1, -0.05) is 68.4 Å². The zero-order valence-corrected chi connectivity index (χ0v) is 22.8. The van der Waals surface area contributed by atoms with Crippen molar-refractivity contribution in [3.05, 3.63) is 71.3 Å². The van der Waals surface area contributed by atoms with E-state index in [-0.39, 0.29) is 19.6 Å². The van der Waals surface area contributed by atoms with Crippen LogP contribution in [0.4, 0.5) is 4.79 Å². The van der Waals surface area contributed by atoms with Crippen molar-refractivity contribution in [3.8, 4) is 0 Å². The van der Waals surface area contributed by atoms with E-state index in [2.05, 4.69) is 0 Å². The Morgan fingerprint density at radius 2 is 1.51 bits per heavy atom. The minimum atomic E-state index is -1.11. The number of carboxylic acids is 1. The van der Waals surface area contributed by atoms with Crippen molar-refractivity contribution in [2.75, 3.05) is 13.7 Å². The van der Waals surface area contributed by atoms with Crippen LogP contribution in [0.1, 0.15) is 58.2 Å². The molecule has 37 heavy (non-hydrogen) atoms. The summed E-state index contributed by atoms with van der Waals surface area (Å²) < 4.78 is 16.5. The van der Waals surface area contributed by atoms with Crippen LogP contribution < -0.4 is 0 Å². The number of benzene rings is 2. The molecule has 0 aliphatic heterocycles. The Hall–Kier alpha value is -3.39. The van der Waals surface area contributed by atoms with Gasteiger partial charge < -0.3 is 19.3 Å². The minimum Gasteiger partial charge on any atom is -0.480 e. The molecule has 1 N–H and O–H groups in total. The second-order valence-corrected chi connectivity index (χ2v) is 10.8. The number of ether oxygens (including phenoxy) is 3. The van der Waals surface area contributed by atoms with Crippen LogP contribution in [0.5, 0.6) is 0 Å². The third-order valence-corrected chi connectivity index (χ3v) is 5.85. The molecule has 1 amide bonds. The van der Waals surface area contributed by atoms with Crippen LogP contribution in [0.3, 0.4) is 0 Å². The molecule has 0 bridgehead atoms. The molecular weight excluding hydrogens is 474 g/mol. The van der Waals surface area contributed by atoms with Gasteiger partial charge in [0.25, 0.3) is 0 Å². The van der Waals surface area contributed by atoms with Gasteiger partial charge in [0.1, 0.15) is 18.2 Å². The SMILES string of the molecule is C[C@H](OCC(C)(C)c1ccc(C[C@@H](C(=O)O)N(C)C(=O)OC(C)(C)C)cc1)C(=O)OCc1ccccc1. The van der Waals surface area contributed by atoms with E-state index in [9.17, 15) is 19.5 Å². The second kappa shape index (κ2) is 12.7. The van der Waals surface area contributed by atoms with Crippen LogP contribution in [0.15, 0.2) is 54.6 Å². The number of likely N-dealkylation sites (N-methyl/N-ethyl adjacent to an activating group) is 1. The standard InChI is InChI=1S/C29H39NO7/c1-20(26(33)35-18-22-11-9-8-10-12-22)36-19-29(5,6)23-15-13-21(14-16-23)17-24(25(31)32)30(7)27(34)37-28(2,3)4/h8-16,20,24H,17-19H2,1-7H3,(H,31,32)/t20-,24-/m0/s1. The first kappa shape index (κ1) is 29.8. The lowest BCUT2D eigenvalue weighted by Crippen LogP contribution is -2.46. The number of esters is 1. The summed E-state index contributed by atoms with van der Waals surface area (Å²) in [5.41, 5.74) is 1.51. The Morgan fingerprint density at radius 1 is 0.919 bits per heavy atom. The lowest BCUT2D eigenvalue weighted by atomic mass is 9.85. The molecule has 2 rings (SSSR count). The van der Waals surface area contributed by atoms with Crippen molar-refractivity contribution in [1.82, 2.24) is 4.90 Å². The topological polar surface area (TPSA) is 102 Å². The summed E-state index contributed by atoms with van der Waals surface area (Å²) in [6.07, 6.45) is -1.28. The van der Waals surface area contributed by atoms with E-state index in [1.165, 1.54) is 7.05 Å². The predicted octanol–water partition coefficient (Wildman–Crippen LogP) is 4.98. The van der Waals surface area contributed by atoms with Crippen molar-refractivity contribution in [2.24, 2.45) is 0 Å². The van der Waals surface area contributed by atoms with Crippen LogP contribution in [0.25, 0.3) is 0 Å². The molecule has 2 aromatic rings. The molecular formula is C29H39NO7. The first-order valence-corrected chi connectivity index (χ1v) is 12.3. The number of amides is 1. The van der Waals surface area contributed by atoms with Crippen LogP contribution in [-0.4, -0.2) is 59.4 Å². The molecule has 202 valence electrons. The Kier molecular flexibility index (Phi) is 10.3. The van der Waals surface area contributed by atoms with Crippen LogP contribution in [0.2, 0.25) is 0 Å². The summed E-state index contributed by atoms with van der Waals surface area (Å²) in [6, 6.07) is 15.9. The van der Waals surface area contributed by atoms with Gasteiger partial charge in [0.2, 0.25) is 0 Å². The van der Waals surface area contributed by atoms with E-state index < -0.39 is 41.2 Å². The smallest absolute Gasteiger partial charge is 0.410 e. The van der Waals surface area contributed by atoms with Crippen molar-refractivity contribution in [3.63, 3.8) is 0 Å². The van der Waals surface area contributed by atoms with E-state index in [0.717, 1.165) is 21.6 Å². The molecule has 0 heterocycles.